The lowest BCUT2D eigenvalue weighted by molar-refractivity contribution is -0.145. The molecular formula is C21H25N7O4S. The minimum Gasteiger partial charge on any atom is -0.493 e. The zero-order chi connectivity index (χ0) is 22.9. The van der Waals surface area contributed by atoms with Crippen molar-refractivity contribution in [3.63, 3.8) is 0 Å². The van der Waals surface area contributed by atoms with Gasteiger partial charge >= 0.3 is 5.97 Å². The first kappa shape index (κ1) is 22.6. The molecule has 0 aliphatic heterocycles. The maximum atomic E-state index is 11.9. The van der Waals surface area contributed by atoms with Crippen molar-refractivity contribution in [2.75, 3.05) is 18.3 Å². The van der Waals surface area contributed by atoms with E-state index >= 15 is 0 Å². The van der Waals surface area contributed by atoms with E-state index in [-0.39, 0.29) is 24.6 Å². The van der Waals surface area contributed by atoms with E-state index in [4.69, 9.17) is 14.2 Å². The fraction of sp³-hybridized carbons (Fsp3) is 0.381. The second-order valence-corrected chi connectivity index (χ2v) is 8.19. The average Bonchev–Trinajstić information content (AvgIpc) is 3.60. The molecule has 1 aliphatic carbocycles. The summed E-state index contributed by atoms with van der Waals surface area (Å²) in [4.78, 5) is 16.2. The number of aromatic amines is 1. The molecule has 0 atom stereocenters. The third-order valence-corrected chi connectivity index (χ3v) is 5.69. The number of benzene rings is 1. The number of thioether (sulfide) groups is 1. The molecule has 2 N–H and O–H groups in total. The number of aromatic nitrogens is 5. The molecule has 0 amide bonds. The molecule has 3 aromatic rings. The molecule has 1 aromatic carbocycles. The number of hydrogen-bond donors (Lipinski definition) is 2. The number of carbonyl (C=O) groups is 1. The first-order valence-electron chi connectivity index (χ1n) is 10.5. The molecule has 11 nitrogen and oxygen atoms in total. The van der Waals surface area contributed by atoms with Gasteiger partial charge < -0.3 is 14.2 Å². The molecule has 0 spiro atoms. The zero-order valence-electron chi connectivity index (χ0n) is 18.1. The number of rotatable bonds is 11. The van der Waals surface area contributed by atoms with Crippen LogP contribution in [0.1, 0.15) is 31.2 Å². The van der Waals surface area contributed by atoms with Crippen LogP contribution in [-0.2, 0) is 16.3 Å². The lowest BCUT2D eigenvalue weighted by atomic mass is 10.2. The summed E-state index contributed by atoms with van der Waals surface area (Å²) in [6.45, 7) is 0.259. The quantitative estimate of drug-likeness (QED) is 0.188. The van der Waals surface area contributed by atoms with E-state index in [1.807, 2.05) is 24.4 Å². The molecular weight excluding hydrogens is 446 g/mol. The molecule has 0 bridgehead atoms. The minimum absolute atomic E-state index is 0.0613. The number of hydrogen-bond acceptors (Lipinski definition) is 10. The van der Waals surface area contributed by atoms with Crippen molar-refractivity contribution < 1.29 is 19.0 Å². The van der Waals surface area contributed by atoms with Crippen LogP contribution in [0.15, 0.2) is 46.9 Å². The number of hydrazone groups is 1. The van der Waals surface area contributed by atoms with Crippen molar-refractivity contribution in [1.82, 2.24) is 25.0 Å². The monoisotopic (exact) mass is 471 g/mol. The molecule has 0 saturated heterocycles. The van der Waals surface area contributed by atoms with Crippen molar-refractivity contribution in [3.8, 4) is 11.5 Å². The van der Waals surface area contributed by atoms with Gasteiger partial charge in [-0.15, -0.1) is 5.10 Å². The minimum atomic E-state index is -0.241. The number of H-pyrrole nitrogens is 1. The summed E-state index contributed by atoms with van der Waals surface area (Å²) in [5.74, 6) is 1.47. The Morgan fingerprint density at radius 2 is 2.24 bits per heavy atom. The Kier molecular flexibility index (Phi) is 7.80. The van der Waals surface area contributed by atoms with E-state index in [0.29, 0.717) is 22.6 Å². The Morgan fingerprint density at radius 1 is 1.36 bits per heavy atom. The standard InChI is InChI=1S/C21H25N7O4S/c1-30-17-8-7-15(11-18(17)31-14-28-10-4-9-23-28)12-22-25-20-24-21(27-26-20)33-13-19(29)32-16-5-2-3-6-16/h4,7-12,16H,2-3,5-6,13-14H2,1H3,(H2,24,25,26,27)/b22-12-. The molecule has 0 radical (unpaired) electrons. The molecule has 2 heterocycles. The number of methoxy groups -OCH3 is 1. The van der Waals surface area contributed by atoms with Crippen LogP contribution in [0.3, 0.4) is 0 Å². The van der Waals surface area contributed by atoms with E-state index in [0.717, 1.165) is 31.2 Å². The third-order valence-electron chi connectivity index (χ3n) is 4.87. The largest absolute Gasteiger partial charge is 0.493 e. The van der Waals surface area contributed by atoms with Crippen LogP contribution in [-0.4, -0.2) is 56.1 Å². The Morgan fingerprint density at radius 3 is 3.03 bits per heavy atom. The highest BCUT2D eigenvalue weighted by Gasteiger charge is 2.19. The normalized spacial score (nSPS) is 14.0. The molecule has 1 fully saturated rings. The molecule has 33 heavy (non-hydrogen) atoms. The number of carbonyl (C=O) groups excluding carboxylic acids is 1. The van der Waals surface area contributed by atoms with Crippen molar-refractivity contribution >= 4 is 29.9 Å². The summed E-state index contributed by atoms with van der Waals surface area (Å²) in [5, 5.41) is 15.5. The molecule has 1 saturated carbocycles. The predicted molar refractivity (Wildman–Crippen MR) is 123 cm³/mol. The molecule has 1 aliphatic rings. The van der Waals surface area contributed by atoms with Gasteiger partial charge in [0.25, 0.3) is 0 Å². The second kappa shape index (κ2) is 11.4. The van der Waals surface area contributed by atoms with Gasteiger partial charge in [-0.05, 0) is 55.5 Å². The summed E-state index contributed by atoms with van der Waals surface area (Å²) < 4.78 is 18.2. The Hall–Kier alpha value is -3.54. The number of nitrogens with one attached hydrogen (secondary N) is 2. The molecule has 4 rings (SSSR count). The van der Waals surface area contributed by atoms with E-state index in [1.165, 1.54) is 11.8 Å². The zero-order valence-corrected chi connectivity index (χ0v) is 19.0. The van der Waals surface area contributed by atoms with Crippen LogP contribution in [0.4, 0.5) is 5.95 Å². The first-order chi connectivity index (χ1) is 16.2. The number of anilines is 1. The van der Waals surface area contributed by atoms with Gasteiger partial charge in [-0.1, -0.05) is 11.8 Å². The molecule has 174 valence electrons. The van der Waals surface area contributed by atoms with Gasteiger partial charge in [-0.25, -0.2) is 15.2 Å². The highest BCUT2D eigenvalue weighted by Crippen LogP contribution is 2.28. The van der Waals surface area contributed by atoms with E-state index in [9.17, 15) is 4.79 Å². The highest BCUT2D eigenvalue weighted by molar-refractivity contribution is 7.99. The van der Waals surface area contributed by atoms with Crippen molar-refractivity contribution in [2.45, 2.75) is 43.7 Å². The molecule has 2 aromatic heterocycles. The molecule has 12 heteroatoms. The fourth-order valence-electron chi connectivity index (χ4n) is 3.28. The third kappa shape index (κ3) is 6.72. The summed E-state index contributed by atoms with van der Waals surface area (Å²) >= 11 is 1.22. The van der Waals surface area contributed by atoms with Gasteiger partial charge in [-0.2, -0.15) is 15.2 Å². The smallest absolute Gasteiger partial charge is 0.316 e. The van der Waals surface area contributed by atoms with E-state index in [2.05, 4.69) is 30.8 Å². The summed E-state index contributed by atoms with van der Waals surface area (Å²) in [6.07, 6.45) is 9.33. The Labute approximate surface area is 194 Å². The fourth-order valence-corrected chi connectivity index (χ4v) is 3.86. The summed E-state index contributed by atoms with van der Waals surface area (Å²) in [6, 6.07) is 7.28. The summed E-state index contributed by atoms with van der Waals surface area (Å²) in [5.41, 5.74) is 3.58. The lowest BCUT2D eigenvalue weighted by Gasteiger charge is -2.11. The van der Waals surface area contributed by atoms with Crippen LogP contribution < -0.4 is 14.9 Å². The average molecular weight is 472 g/mol. The van der Waals surface area contributed by atoms with Gasteiger partial charge in [0.05, 0.1) is 19.1 Å². The van der Waals surface area contributed by atoms with Gasteiger partial charge in [-0.3, -0.25) is 4.79 Å². The molecule has 0 unspecified atom stereocenters. The predicted octanol–water partition coefficient (Wildman–Crippen LogP) is 3.07. The maximum absolute atomic E-state index is 11.9. The van der Waals surface area contributed by atoms with Gasteiger partial charge in [0.1, 0.15) is 6.10 Å². The van der Waals surface area contributed by atoms with Gasteiger partial charge in [0, 0.05) is 12.4 Å². The van der Waals surface area contributed by atoms with Gasteiger partial charge in [0.2, 0.25) is 11.1 Å². The number of ether oxygens (including phenoxy) is 3. The van der Waals surface area contributed by atoms with Crippen LogP contribution in [0.5, 0.6) is 11.5 Å². The SMILES string of the molecule is COc1ccc(/C=N\Nc2nc(SCC(=O)OC3CCCC3)n[nH]2)cc1OCn1cccn1. The van der Waals surface area contributed by atoms with Crippen LogP contribution in [0.2, 0.25) is 0 Å². The Bertz CT molecular complexity index is 1060. The lowest BCUT2D eigenvalue weighted by Crippen LogP contribution is -2.16. The topological polar surface area (TPSA) is 129 Å². The first-order valence-corrected chi connectivity index (χ1v) is 11.5. The number of nitrogens with zero attached hydrogens (tertiary/aromatic N) is 5. The summed E-state index contributed by atoms with van der Waals surface area (Å²) in [7, 11) is 1.58. The van der Waals surface area contributed by atoms with Gasteiger partial charge in [0.15, 0.2) is 18.2 Å². The van der Waals surface area contributed by atoms with E-state index < -0.39 is 0 Å². The van der Waals surface area contributed by atoms with E-state index in [1.54, 1.807) is 30.3 Å². The van der Waals surface area contributed by atoms with Crippen LogP contribution in [0, 0.1) is 0 Å². The van der Waals surface area contributed by atoms with Crippen molar-refractivity contribution in [3.05, 3.63) is 42.2 Å². The van der Waals surface area contributed by atoms with Crippen molar-refractivity contribution in [1.29, 1.82) is 0 Å². The van der Waals surface area contributed by atoms with Crippen LogP contribution >= 0.6 is 11.8 Å². The number of esters is 1. The maximum Gasteiger partial charge on any atom is 0.316 e. The Balaban J connectivity index is 1.26. The van der Waals surface area contributed by atoms with Crippen LogP contribution in [0.25, 0.3) is 0 Å². The highest BCUT2D eigenvalue weighted by atomic mass is 32.2. The second-order valence-electron chi connectivity index (χ2n) is 7.25. The van der Waals surface area contributed by atoms with Crippen molar-refractivity contribution in [2.24, 2.45) is 5.10 Å².